The number of aryl methyl sites for hydroxylation is 1. The quantitative estimate of drug-likeness (QED) is 0.721. The van der Waals surface area contributed by atoms with Crippen LogP contribution < -0.4 is 10.1 Å². The zero-order valence-corrected chi connectivity index (χ0v) is 14.5. The number of amides is 1. The molecule has 0 aliphatic rings. The predicted molar refractivity (Wildman–Crippen MR) is 95.7 cm³/mol. The molecule has 0 unspecified atom stereocenters. The summed E-state index contributed by atoms with van der Waals surface area (Å²) >= 11 is 2.88. The van der Waals surface area contributed by atoms with Crippen LogP contribution in [0.4, 0.5) is 5.13 Å². The molecule has 0 saturated carbocycles. The van der Waals surface area contributed by atoms with E-state index in [-0.39, 0.29) is 5.91 Å². The van der Waals surface area contributed by atoms with Gasteiger partial charge in [0.05, 0.1) is 6.61 Å². The number of ether oxygens (including phenoxy) is 1. The Balaban J connectivity index is 1.90. The highest BCUT2D eigenvalue weighted by molar-refractivity contribution is 7.18. The van der Waals surface area contributed by atoms with Crippen LogP contribution in [0, 0.1) is 6.92 Å². The van der Waals surface area contributed by atoms with E-state index in [4.69, 9.17) is 4.74 Å². The van der Waals surface area contributed by atoms with E-state index in [0.29, 0.717) is 22.4 Å². The standard InChI is InChI=1S/C17H16N2O2S2/c1-3-21-13-9-14(12-7-5-4-6-8-12)23-15(13)16(20)19-17-18-10-11(2)22-17/h4-10H,3H2,1-2H3,(H,18,19,20). The summed E-state index contributed by atoms with van der Waals surface area (Å²) in [5.41, 5.74) is 1.07. The molecule has 0 aliphatic carbocycles. The van der Waals surface area contributed by atoms with Gasteiger partial charge in [-0.1, -0.05) is 30.3 Å². The van der Waals surface area contributed by atoms with Gasteiger partial charge in [-0.25, -0.2) is 4.98 Å². The normalized spacial score (nSPS) is 10.5. The maximum atomic E-state index is 12.5. The number of hydrogen-bond donors (Lipinski definition) is 1. The van der Waals surface area contributed by atoms with E-state index in [9.17, 15) is 4.79 Å². The second kappa shape index (κ2) is 6.93. The smallest absolute Gasteiger partial charge is 0.271 e. The van der Waals surface area contributed by atoms with Gasteiger partial charge in [0.2, 0.25) is 0 Å². The van der Waals surface area contributed by atoms with Crippen molar-refractivity contribution in [3.05, 3.63) is 52.3 Å². The molecule has 2 heterocycles. The first-order valence-electron chi connectivity index (χ1n) is 7.23. The van der Waals surface area contributed by atoms with E-state index in [0.717, 1.165) is 15.3 Å². The molecule has 1 amide bonds. The molecule has 1 N–H and O–H groups in total. The second-order valence-corrected chi connectivity index (χ2v) is 7.12. The number of nitrogens with zero attached hydrogens (tertiary/aromatic N) is 1. The van der Waals surface area contributed by atoms with E-state index in [1.807, 2.05) is 50.2 Å². The van der Waals surface area contributed by atoms with E-state index < -0.39 is 0 Å². The van der Waals surface area contributed by atoms with Crippen molar-refractivity contribution in [1.82, 2.24) is 4.98 Å². The minimum Gasteiger partial charge on any atom is -0.492 e. The zero-order valence-electron chi connectivity index (χ0n) is 12.8. The number of anilines is 1. The van der Waals surface area contributed by atoms with E-state index in [2.05, 4.69) is 10.3 Å². The molecule has 3 aromatic rings. The molecule has 0 bridgehead atoms. The lowest BCUT2D eigenvalue weighted by atomic mass is 10.2. The molecule has 6 heteroatoms. The van der Waals surface area contributed by atoms with Crippen molar-refractivity contribution in [1.29, 1.82) is 0 Å². The second-order valence-electron chi connectivity index (χ2n) is 4.83. The van der Waals surface area contributed by atoms with Crippen molar-refractivity contribution >= 4 is 33.7 Å². The van der Waals surface area contributed by atoms with Crippen molar-refractivity contribution in [3.8, 4) is 16.2 Å². The maximum Gasteiger partial charge on any atom is 0.271 e. The lowest BCUT2D eigenvalue weighted by Crippen LogP contribution is -2.11. The molecule has 0 spiro atoms. The number of carbonyl (C=O) groups excluding carboxylic acids is 1. The Labute approximate surface area is 142 Å². The van der Waals surface area contributed by atoms with Crippen LogP contribution in [0.3, 0.4) is 0 Å². The average Bonchev–Trinajstić information content (AvgIpc) is 3.15. The Hall–Kier alpha value is -2.18. The monoisotopic (exact) mass is 344 g/mol. The largest absolute Gasteiger partial charge is 0.492 e. The highest BCUT2D eigenvalue weighted by Gasteiger charge is 2.19. The molecule has 3 rings (SSSR count). The Bertz CT molecular complexity index is 809. The third-order valence-corrected chi connectivity index (χ3v) is 5.10. The molecule has 0 aliphatic heterocycles. The number of thiazole rings is 1. The van der Waals surface area contributed by atoms with Crippen molar-refractivity contribution in [2.45, 2.75) is 13.8 Å². The minimum atomic E-state index is -0.185. The molecule has 0 radical (unpaired) electrons. The number of carbonyl (C=O) groups is 1. The summed E-state index contributed by atoms with van der Waals surface area (Å²) in [6.45, 7) is 4.38. The number of aromatic nitrogens is 1. The van der Waals surface area contributed by atoms with Crippen LogP contribution >= 0.6 is 22.7 Å². The molecular formula is C17H16N2O2S2. The first-order valence-corrected chi connectivity index (χ1v) is 8.86. The summed E-state index contributed by atoms with van der Waals surface area (Å²) in [7, 11) is 0. The first-order chi connectivity index (χ1) is 11.2. The van der Waals surface area contributed by atoms with Crippen molar-refractivity contribution in [2.75, 3.05) is 11.9 Å². The lowest BCUT2D eigenvalue weighted by Gasteiger charge is -2.03. The summed E-state index contributed by atoms with van der Waals surface area (Å²) in [4.78, 5) is 19.4. The fourth-order valence-electron chi connectivity index (χ4n) is 2.11. The zero-order chi connectivity index (χ0) is 16.2. The van der Waals surface area contributed by atoms with Crippen LogP contribution in [0.1, 0.15) is 21.5 Å². The van der Waals surface area contributed by atoms with Crippen LogP contribution in [0.2, 0.25) is 0 Å². The van der Waals surface area contributed by atoms with Crippen LogP contribution in [-0.2, 0) is 0 Å². The number of thiophene rings is 1. The van der Waals surface area contributed by atoms with Gasteiger partial charge >= 0.3 is 0 Å². The van der Waals surface area contributed by atoms with Crippen molar-refractivity contribution < 1.29 is 9.53 Å². The third kappa shape index (κ3) is 3.60. The van der Waals surface area contributed by atoms with Gasteiger partial charge in [0, 0.05) is 16.0 Å². The van der Waals surface area contributed by atoms with Gasteiger partial charge in [-0.2, -0.15) is 0 Å². The molecule has 0 saturated heterocycles. The minimum absolute atomic E-state index is 0.185. The summed E-state index contributed by atoms with van der Waals surface area (Å²) in [6.07, 6.45) is 1.74. The Morgan fingerprint density at radius 3 is 2.70 bits per heavy atom. The summed E-state index contributed by atoms with van der Waals surface area (Å²) < 4.78 is 5.64. The molecule has 23 heavy (non-hydrogen) atoms. The van der Waals surface area contributed by atoms with Gasteiger partial charge in [0.15, 0.2) is 5.13 Å². The van der Waals surface area contributed by atoms with Gasteiger partial charge in [0.25, 0.3) is 5.91 Å². The maximum absolute atomic E-state index is 12.5. The van der Waals surface area contributed by atoms with Gasteiger partial charge in [-0.15, -0.1) is 22.7 Å². The summed E-state index contributed by atoms with van der Waals surface area (Å²) in [5.74, 6) is 0.428. The highest BCUT2D eigenvalue weighted by Crippen LogP contribution is 2.37. The van der Waals surface area contributed by atoms with E-state index >= 15 is 0 Å². The first kappa shape index (κ1) is 15.7. The van der Waals surface area contributed by atoms with Gasteiger partial charge in [-0.3, -0.25) is 10.1 Å². The topological polar surface area (TPSA) is 51.2 Å². The van der Waals surface area contributed by atoms with Crippen LogP contribution in [0.5, 0.6) is 5.75 Å². The molecule has 0 atom stereocenters. The summed E-state index contributed by atoms with van der Waals surface area (Å²) in [5, 5.41) is 3.44. The molecule has 1 aromatic carbocycles. The van der Waals surface area contributed by atoms with Gasteiger partial charge < -0.3 is 4.74 Å². The number of nitrogens with one attached hydrogen (secondary N) is 1. The Morgan fingerprint density at radius 2 is 2.04 bits per heavy atom. The third-order valence-electron chi connectivity index (χ3n) is 3.10. The number of hydrogen-bond acceptors (Lipinski definition) is 5. The SMILES string of the molecule is CCOc1cc(-c2ccccc2)sc1C(=O)Nc1ncc(C)s1. The van der Waals surface area contributed by atoms with E-state index in [1.165, 1.54) is 22.7 Å². The molecular weight excluding hydrogens is 328 g/mol. The number of benzene rings is 1. The predicted octanol–water partition coefficient (Wildman–Crippen LogP) is 4.83. The lowest BCUT2D eigenvalue weighted by molar-refractivity contribution is 0.102. The van der Waals surface area contributed by atoms with Gasteiger partial charge in [0.1, 0.15) is 10.6 Å². The molecule has 4 nitrogen and oxygen atoms in total. The van der Waals surface area contributed by atoms with Crippen molar-refractivity contribution in [2.24, 2.45) is 0 Å². The van der Waals surface area contributed by atoms with Crippen LogP contribution in [0.15, 0.2) is 42.6 Å². The fraction of sp³-hybridized carbons (Fsp3) is 0.176. The van der Waals surface area contributed by atoms with Crippen LogP contribution in [0.25, 0.3) is 10.4 Å². The Morgan fingerprint density at radius 1 is 1.26 bits per heavy atom. The molecule has 0 fully saturated rings. The molecule has 2 aromatic heterocycles. The average molecular weight is 344 g/mol. The molecule has 118 valence electrons. The fourth-order valence-corrected chi connectivity index (χ4v) is 3.77. The summed E-state index contributed by atoms with van der Waals surface area (Å²) in [6, 6.07) is 11.9. The number of rotatable bonds is 5. The van der Waals surface area contributed by atoms with Crippen molar-refractivity contribution in [3.63, 3.8) is 0 Å². The van der Waals surface area contributed by atoms with E-state index in [1.54, 1.807) is 6.20 Å². The van der Waals surface area contributed by atoms with Crippen LogP contribution in [-0.4, -0.2) is 17.5 Å². The van der Waals surface area contributed by atoms with Gasteiger partial charge in [-0.05, 0) is 25.5 Å². The highest BCUT2D eigenvalue weighted by atomic mass is 32.1. The Kier molecular flexibility index (Phi) is 4.73.